The van der Waals surface area contributed by atoms with Gasteiger partial charge in [-0.2, -0.15) is 0 Å². The zero-order valence-corrected chi connectivity index (χ0v) is 22.4. The SMILES string of the molecule is COc1nc(C(=O)N2CCOC(Cc3cn(-c4cccc(Br)c4C)nn3)C2)cc2ccc(Br)cc12. The number of aromatic nitrogens is 4. The molecule has 0 saturated carbocycles. The summed E-state index contributed by atoms with van der Waals surface area (Å²) in [6.07, 6.45) is 2.28. The van der Waals surface area contributed by atoms with Crippen LogP contribution in [0.3, 0.4) is 0 Å². The van der Waals surface area contributed by atoms with E-state index in [9.17, 15) is 4.79 Å². The lowest BCUT2D eigenvalue weighted by Crippen LogP contribution is -2.46. The molecule has 8 nitrogen and oxygen atoms in total. The number of carbonyl (C=O) groups is 1. The van der Waals surface area contributed by atoms with E-state index in [1.54, 1.807) is 16.7 Å². The lowest BCUT2D eigenvalue weighted by atomic mass is 10.1. The molecule has 2 aromatic heterocycles. The number of carbonyl (C=O) groups excluding carboxylic acids is 1. The highest BCUT2D eigenvalue weighted by Gasteiger charge is 2.27. The second-order valence-electron chi connectivity index (χ2n) is 8.37. The first-order valence-electron chi connectivity index (χ1n) is 11.1. The van der Waals surface area contributed by atoms with Crippen LogP contribution in [0.2, 0.25) is 0 Å². The van der Waals surface area contributed by atoms with Crippen LogP contribution in [0.4, 0.5) is 0 Å². The van der Waals surface area contributed by atoms with Crippen LogP contribution in [0, 0.1) is 6.92 Å². The number of rotatable bonds is 5. The third-order valence-corrected chi connectivity index (χ3v) is 7.41. The number of amides is 1. The van der Waals surface area contributed by atoms with E-state index < -0.39 is 0 Å². The molecule has 4 aromatic rings. The Labute approximate surface area is 219 Å². The Morgan fingerprint density at radius 2 is 2.09 bits per heavy atom. The number of pyridine rings is 1. The smallest absolute Gasteiger partial charge is 0.272 e. The largest absolute Gasteiger partial charge is 0.481 e. The summed E-state index contributed by atoms with van der Waals surface area (Å²) in [5, 5.41) is 10.4. The van der Waals surface area contributed by atoms with Crippen molar-refractivity contribution in [2.75, 3.05) is 26.8 Å². The molecule has 1 saturated heterocycles. The lowest BCUT2D eigenvalue weighted by molar-refractivity contribution is -0.0214. The van der Waals surface area contributed by atoms with Gasteiger partial charge < -0.3 is 14.4 Å². The molecule has 0 bridgehead atoms. The molecule has 35 heavy (non-hydrogen) atoms. The number of halogens is 2. The fraction of sp³-hybridized carbons (Fsp3) is 0.280. The zero-order valence-electron chi connectivity index (χ0n) is 19.2. The van der Waals surface area contributed by atoms with Gasteiger partial charge in [-0.3, -0.25) is 4.79 Å². The maximum absolute atomic E-state index is 13.3. The molecule has 1 amide bonds. The summed E-state index contributed by atoms with van der Waals surface area (Å²) in [5.74, 6) is 0.284. The minimum atomic E-state index is -0.181. The highest BCUT2D eigenvalue weighted by Crippen LogP contribution is 2.28. The van der Waals surface area contributed by atoms with E-state index in [1.165, 1.54) is 0 Å². The van der Waals surface area contributed by atoms with Crippen LogP contribution in [-0.4, -0.2) is 63.7 Å². The summed E-state index contributed by atoms with van der Waals surface area (Å²) in [6, 6.07) is 13.6. The fourth-order valence-electron chi connectivity index (χ4n) is 4.23. The van der Waals surface area contributed by atoms with E-state index >= 15 is 0 Å². The van der Waals surface area contributed by atoms with Crippen molar-refractivity contribution in [2.45, 2.75) is 19.4 Å². The van der Waals surface area contributed by atoms with Gasteiger partial charge in [0.1, 0.15) is 5.69 Å². The van der Waals surface area contributed by atoms with E-state index in [-0.39, 0.29) is 12.0 Å². The Bertz CT molecular complexity index is 1410. The number of benzene rings is 2. The monoisotopic (exact) mass is 599 g/mol. The van der Waals surface area contributed by atoms with Crippen LogP contribution in [0.5, 0.6) is 5.88 Å². The molecule has 1 fully saturated rings. The van der Waals surface area contributed by atoms with E-state index in [0.717, 1.165) is 36.7 Å². The van der Waals surface area contributed by atoms with Gasteiger partial charge in [0.15, 0.2) is 0 Å². The molecule has 10 heteroatoms. The molecule has 5 rings (SSSR count). The highest BCUT2D eigenvalue weighted by molar-refractivity contribution is 9.10. The van der Waals surface area contributed by atoms with E-state index in [1.807, 2.05) is 55.6 Å². The Morgan fingerprint density at radius 1 is 1.23 bits per heavy atom. The maximum atomic E-state index is 13.3. The summed E-state index contributed by atoms with van der Waals surface area (Å²) in [5.41, 5.74) is 3.20. The van der Waals surface area contributed by atoms with Crippen molar-refractivity contribution in [2.24, 2.45) is 0 Å². The number of hydrogen-bond acceptors (Lipinski definition) is 6. The summed E-state index contributed by atoms with van der Waals surface area (Å²) in [6.45, 7) is 3.43. The lowest BCUT2D eigenvalue weighted by Gasteiger charge is -2.32. The number of ether oxygens (including phenoxy) is 2. The maximum Gasteiger partial charge on any atom is 0.272 e. The zero-order chi connectivity index (χ0) is 24.5. The van der Waals surface area contributed by atoms with Gasteiger partial charge in [-0.25, -0.2) is 9.67 Å². The third kappa shape index (κ3) is 4.96. The molecule has 3 heterocycles. The normalized spacial score (nSPS) is 16.0. The van der Waals surface area contributed by atoms with Gasteiger partial charge >= 0.3 is 0 Å². The summed E-state index contributed by atoms with van der Waals surface area (Å²) >= 11 is 7.04. The molecule has 2 aromatic carbocycles. The second-order valence-corrected chi connectivity index (χ2v) is 10.1. The van der Waals surface area contributed by atoms with E-state index in [4.69, 9.17) is 9.47 Å². The van der Waals surface area contributed by atoms with Gasteiger partial charge in [0.25, 0.3) is 5.91 Å². The fourth-order valence-corrected chi connectivity index (χ4v) is 4.95. The Hall–Kier alpha value is -2.82. The first-order chi connectivity index (χ1) is 16.9. The summed E-state index contributed by atoms with van der Waals surface area (Å²) < 4.78 is 15.1. The van der Waals surface area contributed by atoms with Crippen molar-refractivity contribution in [1.82, 2.24) is 24.9 Å². The van der Waals surface area contributed by atoms with Crippen molar-refractivity contribution in [3.05, 3.63) is 74.6 Å². The van der Waals surface area contributed by atoms with Crippen molar-refractivity contribution in [1.29, 1.82) is 0 Å². The summed E-state index contributed by atoms with van der Waals surface area (Å²) in [4.78, 5) is 19.6. The molecule has 1 unspecified atom stereocenters. The first-order valence-corrected chi connectivity index (χ1v) is 12.7. The van der Waals surface area contributed by atoms with E-state index in [2.05, 4.69) is 47.2 Å². The Morgan fingerprint density at radius 3 is 2.91 bits per heavy atom. The van der Waals surface area contributed by atoms with Crippen LogP contribution >= 0.6 is 31.9 Å². The molecule has 0 spiro atoms. The van der Waals surface area contributed by atoms with Crippen LogP contribution in [-0.2, 0) is 11.2 Å². The van der Waals surface area contributed by atoms with Gasteiger partial charge in [-0.15, -0.1) is 5.10 Å². The topological polar surface area (TPSA) is 82.4 Å². The Kier molecular flexibility index (Phi) is 6.86. The predicted molar refractivity (Wildman–Crippen MR) is 139 cm³/mol. The number of fused-ring (bicyclic) bond motifs is 1. The van der Waals surface area contributed by atoms with Gasteiger partial charge in [-0.1, -0.05) is 49.2 Å². The standard InChI is InChI=1S/C25H23Br2N5O3/c1-15-21(27)4-3-5-23(15)32-13-18(29-30-32)12-19-14-31(8-9-35-19)25(33)22-10-16-6-7-17(26)11-20(16)24(28-22)34-2/h3-7,10-11,13,19H,8-9,12,14H2,1-2H3. The van der Waals surface area contributed by atoms with Gasteiger partial charge in [0.05, 0.1) is 37.4 Å². The van der Waals surface area contributed by atoms with Crippen LogP contribution in [0.25, 0.3) is 16.5 Å². The molecule has 0 radical (unpaired) electrons. The molecule has 1 aliphatic heterocycles. The number of methoxy groups -OCH3 is 1. The average molecular weight is 601 g/mol. The number of nitrogens with zero attached hydrogens (tertiary/aromatic N) is 5. The average Bonchev–Trinajstić information content (AvgIpc) is 3.32. The van der Waals surface area contributed by atoms with Gasteiger partial charge in [0, 0.05) is 33.8 Å². The predicted octanol–water partition coefficient (Wildman–Crippen LogP) is 4.74. The molecule has 180 valence electrons. The third-order valence-electron chi connectivity index (χ3n) is 6.06. The molecule has 0 N–H and O–H groups in total. The van der Waals surface area contributed by atoms with Gasteiger partial charge in [0.2, 0.25) is 5.88 Å². The first kappa shape index (κ1) is 23.9. The van der Waals surface area contributed by atoms with Crippen LogP contribution in [0.1, 0.15) is 21.7 Å². The molecule has 0 aliphatic carbocycles. The minimum Gasteiger partial charge on any atom is -0.481 e. The Balaban J connectivity index is 1.32. The number of hydrogen-bond donors (Lipinski definition) is 0. The molecule has 1 atom stereocenters. The molecular weight excluding hydrogens is 578 g/mol. The quantitative estimate of drug-likeness (QED) is 0.329. The van der Waals surface area contributed by atoms with Crippen molar-refractivity contribution in [3.8, 4) is 11.6 Å². The van der Waals surface area contributed by atoms with Crippen molar-refractivity contribution < 1.29 is 14.3 Å². The second kappa shape index (κ2) is 10.0. The van der Waals surface area contributed by atoms with Gasteiger partial charge in [-0.05, 0) is 48.2 Å². The minimum absolute atomic E-state index is 0.144. The summed E-state index contributed by atoms with van der Waals surface area (Å²) in [7, 11) is 1.56. The van der Waals surface area contributed by atoms with E-state index in [0.29, 0.717) is 37.7 Å². The molecule has 1 aliphatic rings. The van der Waals surface area contributed by atoms with Crippen LogP contribution in [0.15, 0.2) is 57.6 Å². The van der Waals surface area contributed by atoms with Crippen LogP contribution < -0.4 is 4.74 Å². The van der Waals surface area contributed by atoms with Crippen molar-refractivity contribution in [3.63, 3.8) is 0 Å². The van der Waals surface area contributed by atoms with Crippen molar-refractivity contribution >= 4 is 48.5 Å². The molecular formula is C25H23Br2N5O3. The number of morpholine rings is 1. The highest BCUT2D eigenvalue weighted by atomic mass is 79.9.